The summed E-state index contributed by atoms with van der Waals surface area (Å²) in [5, 5.41) is 2.01. The first kappa shape index (κ1) is 19.3. The Morgan fingerprint density at radius 1 is 1.00 bits per heavy atom. The Kier molecular flexibility index (Phi) is 5.32. The third kappa shape index (κ3) is 3.88. The van der Waals surface area contributed by atoms with Gasteiger partial charge in [0.1, 0.15) is 0 Å². The van der Waals surface area contributed by atoms with Gasteiger partial charge in [-0.25, -0.2) is 0 Å². The summed E-state index contributed by atoms with van der Waals surface area (Å²) in [5.74, 6) is 0.667. The molecule has 1 atom stereocenters. The summed E-state index contributed by atoms with van der Waals surface area (Å²) in [6.07, 6.45) is 8.75. The van der Waals surface area contributed by atoms with Gasteiger partial charge in [0.05, 0.1) is 5.52 Å². The third-order valence-corrected chi connectivity index (χ3v) is 6.41. The first-order chi connectivity index (χ1) is 14.7. The Labute approximate surface area is 182 Å². The van der Waals surface area contributed by atoms with Crippen molar-refractivity contribution in [1.29, 1.82) is 0 Å². The minimum atomic E-state index is 0.667. The average Bonchev–Trinajstić information content (AvgIpc) is 3.12. The van der Waals surface area contributed by atoms with E-state index in [2.05, 4.69) is 70.2 Å². The van der Waals surface area contributed by atoms with E-state index >= 15 is 0 Å². The van der Waals surface area contributed by atoms with Crippen molar-refractivity contribution in [3.63, 3.8) is 0 Å². The predicted octanol–water partition coefficient (Wildman–Crippen LogP) is 6.37. The maximum absolute atomic E-state index is 6.38. The number of nitrogens with zero attached hydrogens (tertiary/aromatic N) is 3. The number of aromatic nitrogens is 2. The summed E-state index contributed by atoms with van der Waals surface area (Å²) in [6, 6.07) is 18.9. The molecule has 0 spiro atoms. The molecule has 2 aromatic carbocycles. The highest BCUT2D eigenvalue weighted by molar-refractivity contribution is 6.31. The Balaban J connectivity index is 1.57. The van der Waals surface area contributed by atoms with Gasteiger partial charge in [0.15, 0.2) is 0 Å². The molecule has 30 heavy (non-hydrogen) atoms. The lowest BCUT2D eigenvalue weighted by atomic mass is 9.98. The zero-order valence-electron chi connectivity index (χ0n) is 17.3. The van der Waals surface area contributed by atoms with E-state index in [-0.39, 0.29) is 0 Å². The van der Waals surface area contributed by atoms with Crippen molar-refractivity contribution in [2.24, 2.45) is 5.92 Å². The first-order valence-corrected chi connectivity index (χ1v) is 11.0. The van der Waals surface area contributed by atoms with Crippen molar-refractivity contribution in [2.75, 3.05) is 20.1 Å². The Hall–Kier alpha value is -2.62. The number of fused-ring (bicyclic) bond motifs is 1. The molecule has 3 heterocycles. The summed E-state index contributed by atoms with van der Waals surface area (Å²) in [4.78, 5) is 7.00. The van der Waals surface area contributed by atoms with E-state index in [1.54, 1.807) is 0 Å². The minimum Gasteiger partial charge on any atom is -0.346 e. The van der Waals surface area contributed by atoms with Crippen LogP contribution in [0.25, 0.3) is 33.2 Å². The third-order valence-electron chi connectivity index (χ3n) is 6.18. The minimum absolute atomic E-state index is 0.667. The Bertz CT molecular complexity index is 1170. The SMILES string of the molecule is CN1CCCC(Cn2cc(-c3cncc(-c4ccccc4)c3)c3ccc(Cl)cc32)C1. The fourth-order valence-corrected chi connectivity index (χ4v) is 4.89. The molecule has 2 aromatic heterocycles. The molecule has 0 N–H and O–H groups in total. The van der Waals surface area contributed by atoms with E-state index in [0.29, 0.717) is 5.92 Å². The van der Waals surface area contributed by atoms with Gasteiger partial charge >= 0.3 is 0 Å². The van der Waals surface area contributed by atoms with E-state index in [0.717, 1.165) is 29.2 Å². The molecule has 0 saturated carbocycles. The highest BCUT2D eigenvalue weighted by Crippen LogP contribution is 2.34. The second-order valence-corrected chi connectivity index (χ2v) is 8.89. The number of hydrogen-bond acceptors (Lipinski definition) is 2. The molecular formula is C26H26ClN3. The van der Waals surface area contributed by atoms with Crippen LogP contribution >= 0.6 is 11.6 Å². The van der Waals surface area contributed by atoms with Gasteiger partial charge in [-0.1, -0.05) is 48.0 Å². The van der Waals surface area contributed by atoms with Crippen LogP contribution in [-0.2, 0) is 6.54 Å². The van der Waals surface area contributed by atoms with Crippen molar-refractivity contribution in [2.45, 2.75) is 19.4 Å². The molecule has 5 rings (SSSR count). The van der Waals surface area contributed by atoms with Gasteiger partial charge in [-0.15, -0.1) is 0 Å². The molecule has 0 aliphatic carbocycles. The van der Waals surface area contributed by atoms with Crippen LogP contribution in [0.5, 0.6) is 0 Å². The quantitative estimate of drug-likeness (QED) is 0.386. The molecule has 1 saturated heterocycles. The van der Waals surface area contributed by atoms with Crippen LogP contribution in [0.2, 0.25) is 5.02 Å². The van der Waals surface area contributed by atoms with Gasteiger partial charge in [-0.05, 0) is 56.1 Å². The average molecular weight is 416 g/mol. The Morgan fingerprint density at radius 2 is 1.83 bits per heavy atom. The summed E-state index contributed by atoms with van der Waals surface area (Å²) in [6.45, 7) is 3.38. The lowest BCUT2D eigenvalue weighted by Crippen LogP contribution is -2.33. The molecule has 0 radical (unpaired) electrons. The van der Waals surface area contributed by atoms with Gasteiger partial charge in [-0.3, -0.25) is 4.98 Å². The van der Waals surface area contributed by atoms with Crippen LogP contribution in [0, 0.1) is 5.92 Å². The molecule has 4 aromatic rings. The summed E-state index contributed by atoms with van der Waals surface area (Å²) in [7, 11) is 2.23. The van der Waals surface area contributed by atoms with Crippen LogP contribution < -0.4 is 0 Å². The van der Waals surface area contributed by atoms with Crippen LogP contribution in [0.3, 0.4) is 0 Å². The molecule has 1 aliphatic heterocycles. The second-order valence-electron chi connectivity index (χ2n) is 8.46. The van der Waals surface area contributed by atoms with Crippen LogP contribution in [0.4, 0.5) is 0 Å². The van der Waals surface area contributed by atoms with E-state index in [1.165, 1.54) is 41.4 Å². The van der Waals surface area contributed by atoms with Gasteiger partial charge in [0, 0.05) is 58.8 Å². The van der Waals surface area contributed by atoms with Crippen LogP contribution in [-0.4, -0.2) is 34.6 Å². The summed E-state index contributed by atoms with van der Waals surface area (Å²) >= 11 is 6.38. The van der Waals surface area contributed by atoms with Gasteiger partial charge in [-0.2, -0.15) is 0 Å². The maximum atomic E-state index is 6.38. The molecular weight excluding hydrogens is 390 g/mol. The lowest BCUT2D eigenvalue weighted by molar-refractivity contribution is 0.196. The van der Waals surface area contributed by atoms with Crippen molar-refractivity contribution in [1.82, 2.24) is 14.5 Å². The van der Waals surface area contributed by atoms with Crippen LogP contribution in [0.15, 0.2) is 73.2 Å². The second kappa shape index (κ2) is 8.25. The molecule has 3 nitrogen and oxygen atoms in total. The zero-order valence-corrected chi connectivity index (χ0v) is 18.0. The van der Waals surface area contributed by atoms with Crippen LogP contribution in [0.1, 0.15) is 12.8 Å². The van der Waals surface area contributed by atoms with E-state index in [4.69, 9.17) is 11.6 Å². The monoisotopic (exact) mass is 415 g/mol. The normalized spacial score (nSPS) is 17.5. The fraction of sp³-hybridized carbons (Fsp3) is 0.269. The number of piperidine rings is 1. The van der Waals surface area contributed by atoms with Gasteiger partial charge < -0.3 is 9.47 Å². The first-order valence-electron chi connectivity index (χ1n) is 10.6. The molecule has 152 valence electrons. The maximum Gasteiger partial charge on any atom is 0.0501 e. The standard InChI is InChI=1S/C26H26ClN3/c1-29-11-5-6-19(16-29)17-30-18-25(24-10-9-23(27)13-26(24)30)22-12-21(14-28-15-22)20-7-3-2-4-8-20/h2-4,7-10,12-15,18-19H,5-6,11,16-17H2,1H3. The molecule has 1 fully saturated rings. The number of likely N-dealkylation sites (tertiary alicyclic amines) is 1. The smallest absolute Gasteiger partial charge is 0.0501 e. The number of rotatable bonds is 4. The predicted molar refractivity (Wildman–Crippen MR) is 126 cm³/mol. The number of pyridine rings is 1. The highest BCUT2D eigenvalue weighted by Gasteiger charge is 2.20. The largest absolute Gasteiger partial charge is 0.346 e. The number of benzene rings is 2. The van der Waals surface area contributed by atoms with Crippen molar-refractivity contribution in [3.8, 4) is 22.3 Å². The molecule has 1 aliphatic rings. The Morgan fingerprint density at radius 3 is 2.67 bits per heavy atom. The summed E-state index contributed by atoms with van der Waals surface area (Å²) < 4.78 is 2.40. The molecule has 1 unspecified atom stereocenters. The van der Waals surface area contributed by atoms with Gasteiger partial charge in [0.2, 0.25) is 0 Å². The van der Waals surface area contributed by atoms with E-state index in [9.17, 15) is 0 Å². The molecule has 4 heteroatoms. The lowest BCUT2D eigenvalue weighted by Gasteiger charge is -2.30. The topological polar surface area (TPSA) is 21.1 Å². The zero-order chi connectivity index (χ0) is 20.5. The van der Waals surface area contributed by atoms with Crippen molar-refractivity contribution in [3.05, 3.63) is 78.2 Å². The van der Waals surface area contributed by atoms with E-state index in [1.807, 2.05) is 24.5 Å². The van der Waals surface area contributed by atoms with Crippen molar-refractivity contribution < 1.29 is 0 Å². The van der Waals surface area contributed by atoms with Crippen molar-refractivity contribution >= 4 is 22.5 Å². The van der Waals surface area contributed by atoms with E-state index < -0.39 is 0 Å². The van der Waals surface area contributed by atoms with Gasteiger partial charge in [0.25, 0.3) is 0 Å². The summed E-state index contributed by atoms with van der Waals surface area (Å²) in [5.41, 5.74) is 5.89. The molecule has 0 amide bonds. The fourth-order valence-electron chi connectivity index (χ4n) is 4.72. The highest BCUT2D eigenvalue weighted by atomic mass is 35.5. The molecule has 0 bridgehead atoms. The number of halogens is 1. The number of hydrogen-bond donors (Lipinski definition) is 0.